The third-order valence-electron chi connectivity index (χ3n) is 2.33. The summed E-state index contributed by atoms with van der Waals surface area (Å²) in [6, 6.07) is 6.67. The van der Waals surface area contributed by atoms with Crippen molar-refractivity contribution in [1.29, 1.82) is 0 Å². The summed E-state index contributed by atoms with van der Waals surface area (Å²) >= 11 is 11.6. The minimum absolute atomic E-state index is 0.0208. The van der Waals surface area contributed by atoms with E-state index in [0.29, 0.717) is 16.4 Å². The molecule has 8 heteroatoms. The Morgan fingerprint density at radius 3 is 2.74 bits per heavy atom. The fourth-order valence-electron chi connectivity index (χ4n) is 1.55. The van der Waals surface area contributed by atoms with Gasteiger partial charge < -0.3 is 0 Å². The van der Waals surface area contributed by atoms with Crippen LogP contribution in [0.15, 0.2) is 36.7 Å². The van der Waals surface area contributed by atoms with Crippen molar-refractivity contribution in [2.45, 2.75) is 0 Å². The van der Waals surface area contributed by atoms with Crippen LogP contribution in [-0.2, 0) is 10.0 Å². The van der Waals surface area contributed by atoms with Gasteiger partial charge in [0.15, 0.2) is 0 Å². The van der Waals surface area contributed by atoms with Crippen molar-refractivity contribution in [3.05, 3.63) is 41.7 Å². The minimum Gasteiger partial charge on any atom is -0.281 e. The lowest BCUT2D eigenvalue weighted by molar-refractivity contribution is 0.602. The zero-order valence-electron chi connectivity index (χ0n) is 9.75. The average molecular weight is 320 g/mol. The summed E-state index contributed by atoms with van der Waals surface area (Å²) < 4.78 is 27.5. The lowest BCUT2D eigenvalue weighted by Crippen LogP contribution is -2.19. The Bertz CT molecular complexity index is 657. The molecule has 2 aromatic rings. The molecule has 0 bridgehead atoms. The van der Waals surface area contributed by atoms with Crippen molar-refractivity contribution in [2.24, 2.45) is 0 Å². The molecule has 0 saturated heterocycles. The highest BCUT2D eigenvalue weighted by Gasteiger charge is 2.15. The Morgan fingerprint density at radius 2 is 2.11 bits per heavy atom. The Hall–Kier alpha value is -1.24. The second-order valence-corrected chi connectivity index (χ2v) is 6.32. The number of nitrogens with one attached hydrogen (secondary N) is 1. The van der Waals surface area contributed by atoms with E-state index in [2.05, 4.69) is 9.82 Å². The summed E-state index contributed by atoms with van der Waals surface area (Å²) in [6.07, 6.45) is 3.26. The van der Waals surface area contributed by atoms with Crippen LogP contribution < -0.4 is 4.72 Å². The lowest BCUT2D eigenvalue weighted by atomic mass is 10.3. The molecule has 2 rings (SSSR count). The SMILES string of the molecule is O=S(=O)(CCCl)Nc1cccc(Cl)c1-n1cccn1. The first-order chi connectivity index (χ1) is 9.03. The number of halogens is 2. The summed E-state index contributed by atoms with van der Waals surface area (Å²) in [5, 5.41) is 4.45. The molecule has 0 aliphatic rings. The van der Waals surface area contributed by atoms with Gasteiger partial charge >= 0.3 is 0 Å². The molecule has 102 valence electrons. The fraction of sp³-hybridized carbons (Fsp3) is 0.182. The van der Waals surface area contributed by atoms with Gasteiger partial charge in [-0.15, -0.1) is 11.6 Å². The van der Waals surface area contributed by atoms with E-state index in [1.165, 1.54) is 4.68 Å². The van der Waals surface area contributed by atoms with E-state index in [-0.39, 0.29) is 11.6 Å². The lowest BCUT2D eigenvalue weighted by Gasteiger charge is -2.13. The Labute approximate surface area is 121 Å². The van der Waals surface area contributed by atoms with Crippen molar-refractivity contribution in [2.75, 3.05) is 16.4 Å². The predicted molar refractivity (Wildman–Crippen MR) is 76.7 cm³/mol. The first kappa shape index (κ1) is 14.2. The van der Waals surface area contributed by atoms with Gasteiger partial charge in [0.25, 0.3) is 0 Å². The molecule has 0 amide bonds. The Balaban J connectivity index is 2.45. The first-order valence-corrected chi connectivity index (χ1v) is 7.95. The maximum absolute atomic E-state index is 11.8. The number of aromatic nitrogens is 2. The molecule has 0 aliphatic carbocycles. The monoisotopic (exact) mass is 319 g/mol. The van der Waals surface area contributed by atoms with Gasteiger partial charge in [0.05, 0.1) is 16.5 Å². The number of alkyl halides is 1. The van der Waals surface area contributed by atoms with Gasteiger partial charge in [0.2, 0.25) is 10.0 Å². The van der Waals surface area contributed by atoms with E-state index in [1.807, 2.05) is 0 Å². The van der Waals surface area contributed by atoms with Crippen LogP contribution in [0.2, 0.25) is 5.02 Å². The molecule has 1 N–H and O–H groups in total. The topological polar surface area (TPSA) is 64.0 Å². The summed E-state index contributed by atoms with van der Waals surface area (Å²) in [4.78, 5) is 0. The normalized spacial score (nSPS) is 11.5. The molecular weight excluding hydrogens is 309 g/mol. The molecule has 0 spiro atoms. The third kappa shape index (κ3) is 3.40. The van der Waals surface area contributed by atoms with E-state index in [1.54, 1.807) is 36.7 Å². The number of rotatable bonds is 5. The second kappa shape index (κ2) is 5.81. The molecule has 0 saturated carbocycles. The smallest absolute Gasteiger partial charge is 0.233 e. The molecule has 0 unspecified atom stereocenters. The van der Waals surface area contributed by atoms with Crippen molar-refractivity contribution in [3.63, 3.8) is 0 Å². The predicted octanol–water partition coefficient (Wildman–Crippen LogP) is 2.51. The van der Waals surface area contributed by atoms with Crippen LogP contribution in [0.4, 0.5) is 5.69 Å². The van der Waals surface area contributed by atoms with E-state index in [4.69, 9.17) is 23.2 Å². The average Bonchev–Trinajstić information content (AvgIpc) is 2.81. The van der Waals surface area contributed by atoms with E-state index in [0.717, 1.165) is 0 Å². The van der Waals surface area contributed by atoms with Crippen molar-refractivity contribution < 1.29 is 8.42 Å². The van der Waals surface area contributed by atoms with Crippen molar-refractivity contribution in [3.8, 4) is 5.69 Å². The number of para-hydroxylation sites is 1. The second-order valence-electron chi connectivity index (χ2n) is 3.70. The largest absolute Gasteiger partial charge is 0.281 e. The van der Waals surface area contributed by atoms with Crippen LogP contribution in [0.25, 0.3) is 5.69 Å². The highest BCUT2D eigenvalue weighted by Crippen LogP contribution is 2.28. The molecule has 0 atom stereocenters. The van der Waals surface area contributed by atoms with Crippen LogP contribution in [-0.4, -0.2) is 29.8 Å². The van der Waals surface area contributed by atoms with Gasteiger partial charge in [-0.2, -0.15) is 5.10 Å². The number of anilines is 1. The van der Waals surface area contributed by atoms with Gasteiger partial charge in [0.1, 0.15) is 5.69 Å². The van der Waals surface area contributed by atoms with E-state index < -0.39 is 10.0 Å². The van der Waals surface area contributed by atoms with Crippen molar-refractivity contribution >= 4 is 38.9 Å². The van der Waals surface area contributed by atoms with E-state index >= 15 is 0 Å². The maximum atomic E-state index is 11.8. The summed E-state index contributed by atoms with van der Waals surface area (Å²) in [7, 11) is -3.50. The summed E-state index contributed by atoms with van der Waals surface area (Å²) in [5.41, 5.74) is 0.841. The van der Waals surface area contributed by atoms with Crippen LogP contribution in [0.1, 0.15) is 0 Å². The van der Waals surface area contributed by atoms with Crippen LogP contribution in [0, 0.1) is 0 Å². The number of nitrogens with zero attached hydrogens (tertiary/aromatic N) is 2. The fourth-order valence-corrected chi connectivity index (χ4v) is 3.23. The molecule has 0 fully saturated rings. The Morgan fingerprint density at radius 1 is 1.32 bits per heavy atom. The highest BCUT2D eigenvalue weighted by atomic mass is 35.5. The Kier molecular flexibility index (Phi) is 4.34. The standard InChI is InChI=1S/C11H11Cl2N3O2S/c12-5-8-19(17,18)15-10-4-1-3-9(13)11(10)16-7-2-6-14-16/h1-4,6-7,15H,5,8H2. The molecule has 1 heterocycles. The third-order valence-corrected chi connectivity index (χ3v) is 4.32. The zero-order chi connectivity index (χ0) is 13.9. The maximum Gasteiger partial charge on any atom is 0.233 e. The summed E-state index contributed by atoms with van der Waals surface area (Å²) in [5.74, 6) is -0.146. The van der Waals surface area contributed by atoms with Crippen LogP contribution >= 0.6 is 23.2 Å². The quantitative estimate of drug-likeness (QED) is 0.861. The van der Waals surface area contributed by atoms with E-state index in [9.17, 15) is 8.42 Å². The number of benzene rings is 1. The van der Waals surface area contributed by atoms with Crippen LogP contribution in [0.5, 0.6) is 0 Å². The molecule has 0 aliphatic heterocycles. The molecule has 0 radical (unpaired) electrons. The van der Waals surface area contributed by atoms with Gasteiger partial charge in [-0.25, -0.2) is 13.1 Å². The molecule has 19 heavy (non-hydrogen) atoms. The zero-order valence-corrected chi connectivity index (χ0v) is 12.1. The van der Waals surface area contributed by atoms with Gasteiger partial charge in [0, 0.05) is 18.3 Å². The van der Waals surface area contributed by atoms with Gasteiger partial charge in [-0.05, 0) is 18.2 Å². The number of sulfonamides is 1. The molecular formula is C11H11Cl2N3O2S. The van der Waals surface area contributed by atoms with Crippen LogP contribution in [0.3, 0.4) is 0 Å². The number of hydrogen-bond acceptors (Lipinski definition) is 3. The first-order valence-electron chi connectivity index (χ1n) is 5.38. The van der Waals surface area contributed by atoms with Gasteiger partial charge in [-0.3, -0.25) is 4.72 Å². The molecule has 1 aromatic heterocycles. The minimum atomic E-state index is -3.50. The van der Waals surface area contributed by atoms with Gasteiger partial charge in [-0.1, -0.05) is 17.7 Å². The number of hydrogen-bond donors (Lipinski definition) is 1. The highest BCUT2D eigenvalue weighted by molar-refractivity contribution is 7.92. The molecule has 1 aromatic carbocycles. The summed E-state index contributed by atoms with van der Waals surface area (Å²) in [6.45, 7) is 0. The van der Waals surface area contributed by atoms with Crippen molar-refractivity contribution in [1.82, 2.24) is 9.78 Å². The molecule has 5 nitrogen and oxygen atoms in total.